The zero-order valence-electron chi connectivity index (χ0n) is 8.72. The van der Waals surface area contributed by atoms with Gasteiger partial charge in [0.25, 0.3) is 0 Å². The van der Waals surface area contributed by atoms with Gasteiger partial charge in [0.15, 0.2) is 0 Å². The molecule has 1 saturated heterocycles. The van der Waals surface area contributed by atoms with E-state index < -0.39 is 11.6 Å². The molecule has 1 heterocycles. The average Bonchev–Trinajstić information content (AvgIpc) is 2.23. The maximum Gasteiger partial charge on any atom is 0.247 e. The van der Waals surface area contributed by atoms with Crippen LogP contribution in [0.5, 0.6) is 0 Å². The summed E-state index contributed by atoms with van der Waals surface area (Å²) in [7, 11) is 1.50. The topological polar surface area (TPSA) is 49.8 Å². The van der Waals surface area contributed by atoms with Crippen LogP contribution < -0.4 is 0 Å². The van der Waals surface area contributed by atoms with E-state index in [1.165, 1.54) is 12.2 Å². The number of amides is 1. The Morgan fingerprint density at radius 1 is 1.53 bits per heavy atom. The molecule has 15 heavy (non-hydrogen) atoms. The Labute approximate surface area is 88.8 Å². The third-order valence-electron chi connectivity index (χ3n) is 2.92. The SMILES string of the molecule is CON1C(=O)CCCC12C=CC(O)C=C2. The van der Waals surface area contributed by atoms with Crippen molar-refractivity contribution in [3.63, 3.8) is 0 Å². The van der Waals surface area contributed by atoms with Crippen LogP contribution in [-0.4, -0.2) is 34.8 Å². The molecule has 4 nitrogen and oxygen atoms in total. The van der Waals surface area contributed by atoms with Crippen LogP contribution in [0.3, 0.4) is 0 Å². The van der Waals surface area contributed by atoms with E-state index in [1.54, 1.807) is 12.2 Å². The number of rotatable bonds is 1. The smallest absolute Gasteiger partial charge is 0.247 e. The average molecular weight is 209 g/mol. The third kappa shape index (κ3) is 1.70. The highest BCUT2D eigenvalue weighted by Crippen LogP contribution is 2.33. The molecule has 0 unspecified atom stereocenters. The summed E-state index contributed by atoms with van der Waals surface area (Å²) < 4.78 is 0. The van der Waals surface area contributed by atoms with Gasteiger partial charge < -0.3 is 5.11 Å². The molecule has 0 radical (unpaired) electrons. The number of hydrogen-bond acceptors (Lipinski definition) is 3. The lowest BCUT2D eigenvalue weighted by atomic mass is 9.84. The van der Waals surface area contributed by atoms with Crippen molar-refractivity contribution in [3.8, 4) is 0 Å². The Balaban J connectivity index is 2.29. The summed E-state index contributed by atoms with van der Waals surface area (Å²) in [5.74, 6) is -0.00515. The fraction of sp³-hybridized carbons (Fsp3) is 0.545. The second-order valence-electron chi connectivity index (χ2n) is 3.92. The molecule has 1 amide bonds. The minimum atomic E-state index is -0.550. The summed E-state index contributed by atoms with van der Waals surface area (Å²) in [6.07, 6.45) is 8.73. The van der Waals surface area contributed by atoms with Gasteiger partial charge >= 0.3 is 0 Å². The second-order valence-corrected chi connectivity index (χ2v) is 3.92. The molecule has 4 heteroatoms. The van der Waals surface area contributed by atoms with Crippen LogP contribution in [0.4, 0.5) is 0 Å². The fourth-order valence-corrected chi connectivity index (χ4v) is 2.18. The predicted molar refractivity (Wildman–Crippen MR) is 54.7 cm³/mol. The van der Waals surface area contributed by atoms with Crippen molar-refractivity contribution < 1.29 is 14.7 Å². The van der Waals surface area contributed by atoms with Crippen LogP contribution in [0.25, 0.3) is 0 Å². The van der Waals surface area contributed by atoms with Gasteiger partial charge in [-0.15, -0.1) is 0 Å². The summed E-state index contributed by atoms with van der Waals surface area (Å²) in [5.41, 5.74) is -0.483. The zero-order valence-corrected chi connectivity index (χ0v) is 8.72. The minimum Gasteiger partial charge on any atom is -0.385 e. The molecule has 0 aromatic rings. The summed E-state index contributed by atoms with van der Waals surface area (Å²) in [5, 5.41) is 10.7. The van der Waals surface area contributed by atoms with Crippen molar-refractivity contribution >= 4 is 5.91 Å². The Morgan fingerprint density at radius 2 is 2.20 bits per heavy atom. The van der Waals surface area contributed by atoms with E-state index in [2.05, 4.69) is 0 Å². The van der Waals surface area contributed by atoms with Crippen molar-refractivity contribution in [1.29, 1.82) is 0 Å². The van der Waals surface area contributed by atoms with Crippen LogP contribution in [-0.2, 0) is 9.63 Å². The van der Waals surface area contributed by atoms with E-state index in [0.29, 0.717) is 6.42 Å². The number of carbonyl (C=O) groups excluding carboxylic acids is 1. The molecule has 1 fully saturated rings. The van der Waals surface area contributed by atoms with Gasteiger partial charge in [-0.05, 0) is 12.8 Å². The molecule has 0 saturated carbocycles. The van der Waals surface area contributed by atoms with Crippen molar-refractivity contribution in [3.05, 3.63) is 24.3 Å². The Bertz CT molecular complexity index is 308. The molecule has 1 spiro atoms. The first-order valence-corrected chi connectivity index (χ1v) is 5.12. The fourth-order valence-electron chi connectivity index (χ4n) is 2.18. The first-order valence-electron chi connectivity index (χ1n) is 5.12. The first-order chi connectivity index (χ1) is 7.18. The molecule has 0 aromatic carbocycles. The molecule has 1 aliphatic heterocycles. The van der Waals surface area contributed by atoms with Crippen LogP contribution in [0.1, 0.15) is 19.3 Å². The van der Waals surface area contributed by atoms with Crippen LogP contribution in [0.15, 0.2) is 24.3 Å². The zero-order chi connectivity index (χ0) is 10.9. The van der Waals surface area contributed by atoms with E-state index in [4.69, 9.17) is 4.84 Å². The van der Waals surface area contributed by atoms with Crippen molar-refractivity contribution in [2.45, 2.75) is 30.9 Å². The maximum atomic E-state index is 11.7. The second kappa shape index (κ2) is 3.79. The molecule has 0 aromatic heterocycles. The minimum absolute atomic E-state index is 0.00515. The van der Waals surface area contributed by atoms with Gasteiger partial charge in [-0.2, -0.15) is 0 Å². The third-order valence-corrected chi connectivity index (χ3v) is 2.92. The lowest BCUT2D eigenvalue weighted by Gasteiger charge is -2.42. The molecular formula is C11H15NO3. The molecular weight excluding hydrogens is 194 g/mol. The van der Waals surface area contributed by atoms with E-state index in [9.17, 15) is 9.90 Å². The number of carbonyl (C=O) groups is 1. The monoisotopic (exact) mass is 209 g/mol. The van der Waals surface area contributed by atoms with Crippen LogP contribution in [0, 0.1) is 0 Å². The van der Waals surface area contributed by atoms with Gasteiger partial charge in [0.05, 0.1) is 13.2 Å². The number of piperidine rings is 1. The van der Waals surface area contributed by atoms with Crippen LogP contribution >= 0.6 is 0 Å². The van der Waals surface area contributed by atoms with Crippen molar-refractivity contribution in [2.75, 3.05) is 7.11 Å². The van der Waals surface area contributed by atoms with Gasteiger partial charge in [0, 0.05) is 6.42 Å². The predicted octanol–water partition coefficient (Wildman–Crippen LogP) is 0.786. The number of aliphatic hydroxyl groups is 1. The summed E-state index contributed by atoms with van der Waals surface area (Å²) in [6.45, 7) is 0. The molecule has 2 rings (SSSR count). The lowest BCUT2D eigenvalue weighted by Crippen LogP contribution is -2.52. The largest absolute Gasteiger partial charge is 0.385 e. The van der Waals surface area contributed by atoms with Gasteiger partial charge in [-0.25, -0.2) is 5.06 Å². The summed E-state index contributed by atoms with van der Waals surface area (Å²) in [6, 6.07) is 0. The van der Waals surface area contributed by atoms with E-state index in [1.807, 2.05) is 12.2 Å². The van der Waals surface area contributed by atoms with Crippen molar-refractivity contribution in [2.24, 2.45) is 0 Å². The van der Waals surface area contributed by atoms with E-state index in [0.717, 1.165) is 12.8 Å². The normalized spacial score (nSPS) is 35.2. The quantitative estimate of drug-likeness (QED) is 0.649. The molecule has 1 aliphatic carbocycles. The molecule has 0 atom stereocenters. The maximum absolute atomic E-state index is 11.7. The standard InChI is InChI=1S/C11H15NO3/c1-15-12-10(14)3-2-6-11(12)7-4-9(13)5-8-11/h4-5,7-9,13H,2-3,6H2,1H3. The lowest BCUT2D eigenvalue weighted by molar-refractivity contribution is -0.201. The molecule has 2 aliphatic rings. The molecule has 1 N–H and O–H groups in total. The van der Waals surface area contributed by atoms with Gasteiger partial charge in [-0.3, -0.25) is 9.63 Å². The number of hydrogen-bond donors (Lipinski definition) is 1. The highest BCUT2D eigenvalue weighted by Gasteiger charge is 2.40. The number of hydroxylamine groups is 2. The molecule has 82 valence electrons. The van der Waals surface area contributed by atoms with Gasteiger partial charge in [0.2, 0.25) is 5.91 Å². The highest BCUT2D eigenvalue weighted by molar-refractivity contribution is 5.77. The molecule has 0 bridgehead atoms. The van der Waals surface area contributed by atoms with Gasteiger partial charge in [0.1, 0.15) is 5.54 Å². The van der Waals surface area contributed by atoms with Gasteiger partial charge in [-0.1, -0.05) is 24.3 Å². The van der Waals surface area contributed by atoms with E-state index >= 15 is 0 Å². The van der Waals surface area contributed by atoms with Crippen molar-refractivity contribution in [1.82, 2.24) is 5.06 Å². The highest BCUT2D eigenvalue weighted by atomic mass is 16.7. The number of aliphatic hydroxyl groups excluding tert-OH is 1. The Hall–Kier alpha value is -1.13. The Morgan fingerprint density at radius 3 is 2.80 bits per heavy atom. The first kappa shape index (κ1) is 10.4. The number of nitrogens with zero attached hydrogens (tertiary/aromatic N) is 1. The summed E-state index contributed by atoms with van der Waals surface area (Å²) in [4.78, 5) is 16.8. The summed E-state index contributed by atoms with van der Waals surface area (Å²) >= 11 is 0. The Kier molecular flexibility index (Phi) is 2.63. The van der Waals surface area contributed by atoms with E-state index in [-0.39, 0.29) is 5.91 Å². The van der Waals surface area contributed by atoms with Crippen LogP contribution in [0.2, 0.25) is 0 Å².